The number of ether oxygens (including phenoxy) is 1. The lowest BCUT2D eigenvalue weighted by Crippen LogP contribution is -2.19. The number of aromatic nitrogens is 1. The molecule has 4 aromatic carbocycles. The molecule has 0 aliphatic carbocycles. The average Bonchev–Trinajstić information content (AvgIpc) is 3.43. The molecule has 0 bridgehead atoms. The molecule has 2 amide bonds. The first kappa shape index (κ1) is 28.1. The minimum absolute atomic E-state index is 0.0564. The third kappa shape index (κ3) is 7.39. The summed E-state index contributed by atoms with van der Waals surface area (Å²) >= 11 is 2.66. The summed E-state index contributed by atoms with van der Waals surface area (Å²) in [6.07, 6.45) is 0.0564. The summed E-state index contributed by atoms with van der Waals surface area (Å²) < 4.78 is 4.98. The van der Waals surface area contributed by atoms with Crippen LogP contribution in [0, 0.1) is 0 Å². The zero-order valence-electron chi connectivity index (χ0n) is 22.2. The van der Waals surface area contributed by atoms with Crippen molar-refractivity contribution < 1.29 is 19.1 Å². The number of fused-ring (bicyclic) bond motifs is 1. The number of hydrogen-bond donors (Lipinski definition) is 2. The Hall–Kier alpha value is -4.47. The molecule has 9 heteroatoms. The number of esters is 1. The largest absolute Gasteiger partial charge is 0.466 e. The lowest BCUT2D eigenvalue weighted by Gasteiger charge is -2.16. The predicted octanol–water partition coefficient (Wildman–Crippen LogP) is 7.13. The van der Waals surface area contributed by atoms with E-state index < -0.39 is 5.25 Å². The molecule has 2 N–H and O–H groups in total. The lowest BCUT2D eigenvalue weighted by molar-refractivity contribution is -0.142. The number of amides is 2. The highest BCUT2D eigenvalue weighted by molar-refractivity contribution is 8.00. The normalized spacial score (nSPS) is 11.5. The Bertz CT molecular complexity index is 1670. The molecule has 0 aliphatic heterocycles. The number of thiazole rings is 1. The fraction of sp³-hybridized carbons (Fsp3) is 0.125. The van der Waals surface area contributed by atoms with E-state index in [1.165, 1.54) is 23.1 Å². The van der Waals surface area contributed by atoms with E-state index >= 15 is 0 Å². The van der Waals surface area contributed by atoms with Gasteiger partial charge in [0, 0.05) is 21.5 Å². The van der Waals surface area contributed by atoms with E-state index in [0.717, 1.165) is 21.2 Å². The molecule has 0 aliphatic rings. The number of thioether (sulfide) groups is 1. The van der Waals surface area contributed by atoms with Crippen molar-refractivity contribution >= 4 is 62.5 Å². The third-order valence-corrected chi connectivity index (χ3v) is 8.20. The van der Waals surface area contributed by atoms with Crippen molar-refractivity contribution in [3.63, 3.8) is 0 Å². The van der Waals surface area contributed by atoms with Gasteiger partial charge in [-0.15, -0.1) is 23.1 Å². The summed E-state index contributed by atoms with van der Waals surface area (Å²) in [5.74, 6) is -0.777. The molecule has 1 aromatic heterocycles. The number of nitrogens with one attached hydrogen (secondary N) is 2. The number of benzene rings is 4. The number of hydrogen-bond acceptors (Lipinski definition) is 7. The molecular formula is C32H27N3O4S2. The summed E-state index contributed by atoms with van der Waals surface area (Å²) in [7, 11) is 0. The zero-order valence-corrected chi connectivity index (χ0v) is 23.8. The Labute approximate surface area is 246 Å². The van der Waals surface area contributed by atoms with Gasteiger partial charge in [0.05, 0.1) is 18.7 Å². The maximum Gasteiger partial charge on any atom is 0.311 e. The fourth-order valence-electron chi connectivity index (χ4n) is 4.16. The number of anilines is 2. The molecular weight excluding hydrogens is 555 g/mol. The molecule has 41 heavy (non-hydrogen) atoms. The summed E-state index contributed by atoms with van der Waals surface area (Å²) in [4.78, 5) is 43.3. The first-order chi connectivity index (χ1) is 20.0. The molecule has 1 unspecified atom stereocenters. The van der Waals surface area contributed by atoms with E-state index in [-0.39, 0.29) is 24.2 Å². The molecule has 7 nitrogen and oxygen atoms in total. The SMILES string of the molecule is CCOC(=O)Cc1csc(NC(=O)C(Sc2ccc(NC(=O)c3ccc4ccccc4c3)cc2)c2ccccc2)n1. The summed E-state index contributed by atoms with van der Waals surface area (Å²) in [6.45, 7) is 2.06. The monoisotopic (exact) mass is 581 g/mol. The van der Waals surface area contributed by atoms with Crippen molar-refractivity contribution in [3.8, 4) is 0 Å². The first-order valence-corrected chi connectivity index (χ1v) is 14.8. The second-order valence-electron chi connectivity index (χ2n) is 9.06. The van der Waals surface area contributed by atoms with E-state index in [9.17, 15) is 14.4 Å². The van der Waals surface area contributed by atoms with Crippen molar-refractivity contribution in [1.82, 2.24) is 4.98 Å². The Kier molecular flexibility index (Phi) is 9.08. The molecule has 206 valence electrons. The highest BCUT2D eigenvalue weighted by Gasteiger charge is 2.23. The fourth-order valence-corrected chi connectivity index (χ4v) is 5.90. The van der Waals surface area contributed by atoms with Gasteiger partial charge in [0.1, 0.15) is 5.25 Å². The van der Waals surface area contributed by atoms with Gasteiger partial charge < -0.3 is 15.4 Å². The van der Waals surface area contributed by atoms with E-state index in [0.29, 0.717) is 28.7 Å². The van der Waals surface area contributed by atoms with Crippen LogP contribution in [-0.4, -0.2) is 29.4 Å². The Morgan fingerprint density at radius 1 is 0.878 bits per heavy atom. The van der Waals surface area contributed by atoms with Gasteiger partial charge in [-0.1, -0.05) is 60.7 Å². The van der Waals surface area contributed by atoms with Gasteiger partial charge in [0.15, 0.2) is 5.13 Å². The molecule has 0 radical (unpaired) electrons. The maximum absolute atomic E-state index is 13.4. The summed E-state index contributed by atoms with van der Waals surface area (Å²) in [6, 6.07) is 30.4. The van der Waals surface area contributed by atoms with Gasteiger partial charge in [0.25, 0.3) is 5.91 Å². The zero-order chi connectivity index (χ0) is 28.6. The maximum atomic E-state index is 13.4. The predicted molar refractivity (Wildman–Crippen MR) is 164 cm³/mol. The van der Waals surface area contributed by atoms with Crippen molar-refractivity contribution in [2.75, 3.05) is 17.2 Å². The minimum atomic E-state index is -0.549. The van der Waals surface area contributed by atoms with E-state index in [1.54, 1.807) is 12.3 Å². The van der Waals surface area contributed by atoms with Gasteiger partial charge in [-0.25, -0.2) is 4.98 Å². The first-order valence-electron chi connectivity index (χ1n) is 13.0. The van der Waals surface area contributed by atoms with Gasteiger partial charge in [0.2, 0.25) is 5.91 Å². The Morgan fingerprint density at radius 3 is 2.37 bits per heavy atom. The topological polar surface area (TPSA) is 97.4 Å². The van der Waals surface area contributed by atoms with Gasteiger partial charge in [-0.2, -0.15) is 0 Å². The number of carbonyl (C=O) groups is 3. The van der Waals surface area contributed by atoms with Crippen molar-refractivity contribution in [2.45, 2.75) is 23.5 Å². The standard InChI is InChI=1S/C32H27N3O4S2/c1-2-39-28(36)19-26-20-40-32(34-26)35-31(38)29(22-9-4-3-5-10-22)41-27-16-14-25(15-17-27)33-30(37)24-13-12-21-8-6-7-11-23(21)18-24/h3-18,20,29H,2,19H2,1H3,(H,33,37)(H,34,35,38). The summed E-state index contributed by atoms with van der Waals surface area (Å²) in [5, 5.41) is 9.53. The highest BCUT2D eigenvalue weighted by atomic mass is 32.2. The lowest BCUT2D eigenvalue weighted by atomic mass is 10.1. The molecule has 1 atom stereocenters. The molecule has 0 fully saturated rings. The van der Waals surface area contributed by atoms with Crippen LogP contribution in [0.5, 0.6) is 0 Å². The van der Waals surface area contributed by atoms with Crippen molar-refractivity contribution in [1.29, 1.82) is 0 Å². The smallest absolute Gasteiger partial charge is 0.311 e. The quantitative estimate of drug-likeness (QED) is 0.135. The average molecular weight is 582 g/mol. The van der Waals surface area contributed by atoms with E-state index in [4.69, 9.17) is 4.74 Å². The van der Waals surface area contributed by atoms with Crippen LogP contribution in [0.1, 0.15) is 33.8 Å². The van der Waals surface area contributed by atoms with Crippen molar-refractivity contribution in [3.05, 3.63) is 119 Å². The second-order valence-corrected chi connectivity index (χ2v) is 11.1. The van der Waals surface area contributed by atoms with Crippen LogP contribution < -0.4 is 10.6 Å². The Balaban J connectivity index is 1.26. The van der Waals surface area contributed by atoms with Crippen LogP contribution in [0.4, 0.5) is 10.8 Å². The third-order valence-electron chi connectivity index (χ3n) is 6.13. The van der Waals surface area contributed by atoms with E-state index in [2.05, 4.69) is 15.6 Å². The van der Waals surface area contributed by atoms with Crippen LogP contribution in [0.3, 0.4) is 0 Å². The number of nitrogens with zero attached hydrogens (tertiary/aromatic N) is 1. The van der Waals surface area contributed by atoms with Crippen LogP contribution >= 0.6 is 23.1 Å². The van der Waals surface area contributed by atoms with Crippen LogP contribution in [0.25, 0.3) is 10.8 Å². The van der Waals surface area contributed by atoms with Crippen molar-refractivity contribution in [2.24, 2.45) is 0 Å². The number of rotatable bonds is 10. The molecule has 0 saturated heterocycles. The number of carbonyl (C=O) groups excluding carboxylic acids is 3. The summed E-state index contributed by atoms with van der Waals surface area (Å²) in [5.41, 5.74) is 2.63. The molecule has 1 heterocycles. The van der Waals surface area contributed by atoms with Crippen LogP contribution in [0.15, 0.2) is 107 Å². The Morgan fingerprint density at radius 2 is 1.61 bits per heavy atom. The molecule has 0 spiro atoms. The van der Waals surface area contributed by atoms with Crippen LogP contribution in [-0.2, 0) is 20.7 Å². The van der Waals surface area contributed by atoms with Gasteiger partial charge in [-0.05, 0) is 59.7 Å². The highest BCUT2D eigenvalue weighted by Crippen LogP contribution is 2.37. The van der Waals surface area contributed by atoms with E-state index in [1.807, 2.05) is 97.1 Å². The van der Waals surface area contributed by atoms with Crippen LogP contribution in [0.2, 0.25) is 0 Å². The van der Waals surface area contributed by atoms with Gasteiger partial charge in [-0.3, -0.25) is 14.4 Å². The molecule has 0 saturated carbocycles. The minimum Gasteiger partial charge on any atom is -0.466 e. The molecule has 5 rings (SSSR count). The molecule has 5 aromatic rings. The van der Waals surface area contributed by atoms with Gasteiger partial charge >= 0.3 is 5.97 Å². The second kappa shape index (κ2) is 13.3.